The highest BCUT2D eigenvalue weighted by Crippen LogP contribution is 2.26. The van der Waals surface area contributed by atoms with Crippen molar-refractivity contribution in [3.8, 4) is 5.75 Å². The molecule has 0 aliphatic heterocycles. The Labute approximate surface area is 110 Å². The summed E-state index contributed by atoms with van der Waals surface area (Å²) in [5.41, 5.74) is -0.386. The van der Waals surface area contributed by atoms with Crippen LogP contribution in [0.2, 0.25) is 0 Å². The summed E-state index contributed by atoms with van der Waals surface area (Å²) in [6.07, 6.45) is 0.645. The van der Waals surface area contributed by atoms with Crippen molar-refractivity contribution in [3.63, 3.8) is 0 Å². The minimum absolute atomic E-state index is 0.169. The molecule has 1 N–H and O–H groups in total. The van der Waals surface area contributed by atoms with E-state index in [-0.39, 0.29) is 12.2 Å². The van der Waals surface area contributed by atoms with Crippen LogP contribution in [-0.4, -0.2) is 23.6 Å². The molecule has 0 saturated heterocycles. The lowest BCUT2D eigenvalue weighted by molar-refractivity contribution is -0.135. The van der Waals surface area contributed by atoms with Gasteiger partial charge in [-0.05, 0) is 47.0 Å². The summed E-state index contributed by atoms with van der Waals surface area (Å²) in [4.78, 5) is 11.8. The third-order valence-electron chi connectivity index (χ3n) is 2.87. The topological polar surface area (TPSA) is 46.5 Å². The fourth-order valence-corrected chi connectivity index (χ4v) is 1.98. The van der Waals surface area contributed by atoms with E-state index < -0.39 is 5.60 Å². The van der Waals surface area contributed by atoms with E-state index >= 15 is 0 Å². The molecular weight excluding hydrogens is 284 g/mol. The Balaban J connectivity index is 2.83. The van der Waals surface area contributed by atoms with Gasteiger partial charge in [-0.3, -0.25) is 4.79 Å². The van der Waals surface area contributed by atoms with E-state index in [2.05, 4.69) is 15.9 Å². The summed E-state index contributed by atoms with van der Waals surface area (Å²) in [6, 6.07) is 5.46. The Morgan fingerprint density at radius 2 is 2.18 bits per heavy atom. The Kier molecular flexibility index (Phi) is 4.71. The Bertz CT molecular complexity index is 413. The first-order valence-corrected chi connectivity index (χ1v) is 6.28. The summed E-state index contributed by atoms with van der Waals surface area (Å²) in [5.74, 6) is 0.556. The molecule has 17 heavy (non-hydrogen) atoms. The SMILES string of the molecule is CCC(C)(O)C(=O)Cc1ccc(OC)c(Br)c1. The highest BCUT2D eigenvalue weighted by atomic mass is 79.9. The standard InChI is InChI=1S/C13H17BrO3/c1-4-13(2,16)12(15)8-9-5-6-11(17-3)10(14)7-9/h5-7,16H,4,8H2,1-3H3. The normalized spacial score (nSPS) is 14.2. The van der Waals surface area contributed by atoms with Crippen LogP contribution in [0, 0.1) is 0 Å². The molecular formula is C13H17BrO3. The van der Waals surface area contributed by atoms with Crippen molar-refractivity contribution >= 4 is 21.7 Å². The van der Waals surface area contributed by atoms with Crippen LogP contribution in [0.5, 0.6) is 5.75 Å². The van der Waals surface area contributed by atoms with Crippen LogP contribution in [0.15, 0.2) is 22.7 Å². The molecule has 0 aliphatic rings. The summed E-state index contributed by atoms with van der Waals surface area (Å²) < 4.78 is 5.92. The zero-order chi connectivity index (χ0) is 13.1. The first kappa shape index (κ1) is 14.2. The number of hydrogen-bond donors (Lipinski definition) is 1. The number of halogens is 1. The van der Waals surface area contributed by atoms with Crippen molar-refractivity contribution in [3.05, 3.63) is 28.2 Å². The van der Waals surface area contributed by atoms with Gasteiger partial charge < -0.3 is 9.84 Å². The van der Waals surface area contributed by atoms with Gasteiger partial charge in [0, 0.05) is 6.42 Å². The predicted octanol–water partition coefficient (Wildman–Crippen LogP) is 2.73. The lowest BCUT2D eigenvalue weighted by Gasteiger charge is -2.19. The first-order chi connectivity index (χ1) is 7.90. The van der Waals surface area contributed by atoms with E-state index in [0.717, 1.165) is 15.8 Å². The Morgan fingerprint density at radius 3 is 2.65 bits per heavy atom. The van der Waals surface area contributed by atoms with Gasteiger partial charge in [0.25, 0.3) is 0 Å². The second kappa shape index (κ2) is 5.65. The first-order valence-electron chi connectivity index (χ1n) is 5.48. The van der Waals surface area contributed by atoms with Crippen molar-refractivity contribution in [1.82, 2.24) is 0 Å². The molecule has 0 aromatic heterocycles. The van der Waals surface area contributed by atoms with Crippen LogP contribution in [0.4, 0.5) is 0 Å². The van der Waals surface area contributed by atoms with E-state index in [4.69, 9.17) is 4.74 Å². The number of methoxy groups -OCH3 is 1. The van der Waals surface area contributed by atoms with Crippen LogP contribution < -0.4 is 4.74 Å². The highest BCUT2D eigenvalue weighted by Gasteiger charge is 2.27. The molecule has 0 bridgehead atoms. The van der Waals surface area contributed by atoms with Gasteiger partial charge >= 0.3 is 0 Å². The average Bonchev–Trinajstić information content (AvgIpc) is 2.29. The maximum absolute atomic E-state index is 11.8. The third kappa shape index (κ3) is 3.54. The molecule has 94 valence electrons. The van der Waals surface area contributed by atoms with Gasteiger partial charge in [0.2, 0.25) is 0 Å². The number of ether oxygens (including phenoxy) is 1. The number of benzene rings is 1. The van der Waals surface area contributed by atoms with Crippen LogP contribution in [0.3, 0.4) is 0 Å². The molecule has 1 rings (SSSR count). The van der Waals surface area contributed by atoms with Crippen LogP contribution in [0.25, 0.3) is 0 Å². The number of ketones is 1. The van der Waals surface area contributed by atoms with Gasteiger partial charge in [0.1, 0.15) is 11.4 Å². The minimum atomic E-state index is -1.24. The monoisotopic (exact) mass is 300 g/mol. The maximum atomic E-state index is 11.8. The molecule has 0 fully saturated rings. The molecule has 4 heteroatoms. The zero-order valence-corrected chi connectivity index (χ0v) is 11.9. The summed E-state index contributed by atoms with van der Waals surface area (Å²) in [6.45, 7) is 3.34. The fraction of sp³-hybridized carbons (Fsp3) is 0.462. The summed E-state index contributed by atoms with van der Waals surface area (Å²) in [7, 11) is 1.59. The van der Waals surface area contributed by atoms with Crippen molar-refractivity contribution < 1.29 is 14.6 Å². The number of aliphatic hydroxyl groups is 1. The lowest BCUT2D eigenvalue weighted by atomic mass is 9.93. The smallest absolute Gasteiger partial charge is 0.168 e. The number of carbonyl (C=O) groups is 1. The van der Waals surface area contributed by atoms with Crippen LogP contribution in [-0.2, 0) is 11.2 Å². The summed E-state index contributed by atoms with van der Waals surface area (Å²) >= 11 is 3.37. The Morgan fingerprint density at radius 1 is 1.53 bits per heavy atom. The second-order valence-electron chi connectivity index (χ2n) is 4.20. The molecule has 0 radical (unpaired) electrons. The van der Waals surface area contributed by atoms with Gasteiger partial charge in [0.05, 0.1) is 11.6 Å². The molecule has 1 aromatic rings. The van der Waals surface area contributed by atoms with E-state index in [0.29, 0.717) is 6.42 Å². The Hall–Kier alpha value is -0.870. The number of Topliss-reactive ketones (excluding diaryl/α,β-unsaturated/α-hetero) is 1. The molecule has 1 atom stereocenters. The largest absolute Gasteiger partial charge is 0.496 e. The minimum Gasteiger partial charge on any atom is -0.496 e. The molecule has 0 spiro atoms. The lowest BCUT2D eigenvalue weighted by Crippen LogP contribution is -2.35. The van der Waals surface area contributed by atoms with E-state index in [1.165, 1.54) is 0 Å². The molecule has 0 heterocycles. The van der Waals surface area contributed by atoms with Gasteiger partial charge in [-0.1, -0.05) is 13.0 Å². The predicted molar refractivity (Wildman–Crippen MR) is 70.3 cm³/mol. The van der Waals surface area contributed by atoms with Crippen molar-refractivity contribution in [2.24, 2.45) is 0 Å². The molecule has 0 saturated carbocycles. The van der Waals surface area contributed by atoms with Gasteiger partial charge in [-0.2, -0.15) is 0 Å². The quantitative estimate of drug-likeness (QED) is 0.909. The van der Waals surface area contributed by atoms with Crippen molar-refractivity contribution in [1.29, 1.82) is 0 Å². The van der Waals surface area contributed by atoms with Crippen LogP contribution >= 0.6 is 15.9 Å². The maximum Gasteiger partial charge on any atom is 0.168 e. The zero-order valence-electron chi connectivity index (χ0n) is 10.3. The number of hydrogen-bond acceptors (Lipinski definition) is 3. The van der Waals surface area contributed by atoms with Crippen molar-refractivity contribution in [2.45, 2.75) is 32.3 Å². The summed E-state index contributed by atoms with van der Waals surface area (Å²) in [5, 5.41) is 9.84. The van der Waals surface area contributed by atoms with Gasteiger partial charge in [-0.25, -0.2) is 0 Å². The fourth-order valence-electron chi connectivity index (χ4n) is 1.39. The average molecular weight is 301 g/mol. The third-order valence-corrected chi connectivity index (χ3v) is 3.49. The molecule has 3 nitrogen and oxygen atoms in total. The van der Waals surface area contributed by atoms with E-state index in [9.17, 15) is 9.90 Å². The highest BCUT2D eigenvalue weighted by molar-refractivity contribution is 9.10. The van der Waals surface area contributed by atoms with Crippen LogP contribution in [0.1, 0.15) is 25.8 Å². The number of rotatable bonds is 5. The second-order valence-corrected chi connectivity index (χ2v) is 5.05. The van der Waals surface area contributed by atoms with E-state index in [1.54, 1.807) is 27.0 Å². The molecule has 1 aromatic carbocycles. The van der Waals surface area contributed by atoms with Crippen molar-refractivity contribution in [2.75, 3.05) is 7.11 Å². The van der Waals surface area contributed by atoms with E-state index in [1.807, 2.05) is 12.1 Å². The number of carbonyl (C=O) groups excluding carboxylic acids is 1. The van der Waals surface area contributed by atoms with Gasteiger partial charge in [0.15, 0.2) is 5.78 Å². The molecule has 0 amide bonds. The molecule has 1 unspecified atom stereocenters. The molecule has 0 aliphatic carbocycles. The van der Waals surface area contributed by atoms with Gasteiger partial charge in [-0.15, -0.1) is 0 Å².